The summed E-state index contributed by atoms with van der Waals surface area (Å²) < 4.78 is 32.4. The second-order valence-corrected chi connectivity index (χ2v) is 10.3. The van der Waals surface area contributed by atoms with E-state index in [1.54, 1.807) is 41.9 Å². The molecule has 0 atom stereocenters. The van der Waals surface area contributed by atoms with Crippen molar-refractivity contribution in [2.24, 2.45) is 0 Å². The number of rotatable bonds is 6. The average Bonchev–Trinajstić information content (AvgIpc) is 3.21. The summed E-state index contributed by atoms with van der Waals surface area (Å²) in [6.07, 6.45) is -2.33. The molecule has 220 valence electrons. The molecule has 0 N–H and O–H groups in total. The third kappa shape index (κ3) is 9.72. The molecule has 0 unspecified atom stereocenters. The number of carboxylic acid groups (broad SMARTS) is 2. The third-order valence-electron chi connectivity index (χ3n) is 6.14. The standard InChI is InChI=1S/2C14H18O4.CH2O3.2K/c2*1-8-6-9(2)11(17-7-16-5)12-10(8)13(15)14(3,4)18-12;2-1(3)4;;/h2*6H,7H2,1-5H3;(H2,2,3,4);;/q;;;2*+1/p-2. The van der Waals surface area contributed by atoms with E-state index in [0.717, 1.165) is 22.3 Å². The Morgan fingerprint density at radius 3 is 1.24 bits per heavy atom. The summed E-state index contributed by atoms with van der Waals surface area (Å²) in [5.41, 5.74) is 3.31. The number of fused-ring (bicyclic) bond motifs is 2. The molecule has 2 aliphatic heterocycles. The molecule has 0 aliphatic carbocycles. The van der Waals surface area contributed by atoms with E-state index in [2.05, 4.69) is 0 Å². The van der Waals surface area contributed by atoms with Crippen molar-refractivity contribution in [1.82, 2.24) is 0 Å². The van der Waals surface area contributed by atoms with Crippen LogP contribution in [0.3, 0.4) is 0 Å². The Kier molecular flexibility index (Phi) is 17.0. The van der Waals surface area contributed by atoms with Crippen LogP contribution >= 0.6 is 0 Å². The van der Waals surface area contributed by atoms with E-state index in [0.29, 0.717) is 34.1 Å². The summed E-state index contributed by atoms with van der Waals surface area (Å²) in [7, 11) is 3.11. The van der Waals surface area contributed by atoms with Crippen molar-refractivity contribution in [1.29, 1.82) is 0 Å². The number of hydrogen-bond acceptors (Lipinski definition) is 11. The fourth-order valence-electron chi connectivity index (χ4n) is 4.43. The summed E-state index contributed by atoms with van der Waals surface area (Å²) in [6.45, 7) is 15.0. The first-order valence-electron chi connectivity index (χ1n) is 12.4. The van der Waals surface area contributed by atoms with Crippen LogP contribution in [0.5, 0.6) is 23.0 Å². The smallest absolute Gasteiger partial charge is 0.652 e. The molecular formula is C29H36K2O11. The van der Waals surface area contributed by atoms with E-state index in [1.165, 1.54) is 0 Å². The monoisotopic (exact) mass is 638 g/mol. The van der Waals surface area contributed by atoms with Crippen LogP contribution in [0.4, 0.5) is 4.79 Å². The summed E-state index contributed by atoms with van der Waals surface area (Å²) in [5, 5.41) is 16.7. The molecule has 2 aromatic carbocycles. The van der Waals surface area contributed by atoms with E-state index >= 15 is 0 Å². The van der Waals surface area contributed by atoms with Crippen LogP contribution in [0, 0.1) is 27.7 Å². The van der Waals surface area contributed by atoms with Gasteiger partial charge in [0.15, 0.2) is 47.8 Å². The second kappa shape index (κ2) is 17.2. The maximum absolute atomic E-state index is 12.3. The van der Waals surface area contributed by atoms with Crippen molar-refractivity contribution in [3.8, 4) is 23.0 Å². The minimum Gasteiger partial charge on any atom is -0.652 e. The number of ether oxygens (including phenoxy) is 6. The molecule has 4 rings (SSSR count). The molecule has 0 saturated carbocycles. The predicted molar refractivity (Wildman–Crippen MR) is 140 cm³/mol. The number of ketones is 2. The van der Waals surface area contributed by atoms with Crippen molar-refractivity contribution in [2.75, 3.05) is 27.8 Å². The minimum atomic E-state index is -2.33. The van der Waals surface area contributed by atoms with Gasteiger partial charge in [-0.1, -0.05) is 12.1 Å². The van der Waals surface area contributed by atoms with E-state index in [1.807, 2.05) is 39.8 Å². The summed E-state index contributed by atoms with van der Waals surface area (Å²) >= 11 is 0. The number of methoxy groups -OCH3 is 2. The molecule has 13 heteroatoms. The van der Waals surface area contributed by atoms with Gasteiger partial charge < -0.3 is 43.4 Å². The SMILES string of the molecule is COCOc1c(C)cc(C)c2c1OC(C)(C)C2=O.COCOc1c(C)cc(C)c2c1OC(C)(C)C2=O.O=C([O-])[O-].[K+].[K+]. The van der Waals surface area contributed by atoms with Gasteiger partial charge in [-0.25, -0.2) is 0 Å². The van der Waals surface area contributed by atoms with Gasteiger partial charge in [0.05, 0.1) is 11.1 Å². The summed E-state index contributed by atoms with van der Waals surface area (Å²) in [5.74, 6) is 2.27. The van der Waals surface area contributed by atoms with Crippen LogP contribution in [-0.2, 0) is 9.47 Å². The van der Waals surface area contributed by atoms with Gasteiger partial charge in [-0.15, -0.1) is 0 Å². The van der Waals surface area contributed by atoms with Crippen LogP contribution in [-0.4, -0.2) is 56.7 Å². The van der Waals surface area contributed by atoms with Gasteiger partial charge >= 0.3 is 103 Å². The van der Waals surface area contributed by atoms with Gasteiger partial charge in [-0.05, 0) is 83.8 Å². The van der Waals surface area contributed by atoms with Crippen molar-refractivity contribution >= 4 is 17.7 Å². The largest absolute Gasteiger partial charge is 1.00 e. The van der Waals surface area contributed by atoms with Crippen LogP contribution in [0.25, 0.3) is 0 Å². The van der Waals surface area contributed by atoms with Crippen LogP contribution in [0.1, 0.15) is 70.7 Å². The molecule has 0 spiro atoms. The van der Waals surface area contributed by atoms with Crippen molar-refractivity contribution in [2.45, 2.75) is 66.6 Å². The van der Waals surface area contributed by atoms with Crippen molar-refractivity contribution < 1.29 is 156 Å². The minimum absolute atomic E-state index is 0. The van der Waals surface area contributed by atoms with Crippen molar-refractivity contribution in [3.05, 3.63) is 45.5 Å². The molecule has 0 aromatic heterocycles. The summed E-state index contributed by atoms with van der Waals surface area (Å²) in [6, 6.07) is 3.87. The molecule has 42 heavy (non-hydrogen) atoms. The number of aryl methyl sites for hydroxylation is 4. The Labute approximate surface area is 331 Å². The Morgan fingerprint density at radius 2 is 0.976 bits per heavy atom. The van der Waals surface area contributed by atoms with E-state index in [9.17, 15) is 9.59 Å². The molecule has 2 heterocycles. The van der Waals surface area contributed by atoms with Gasteiger partial charge in [-0.2, -0.15) is 0 Å². The molecule has 0 amide bonds. The predicted octanol–water partition coefficient (Wildman–Crippen LogP) is -3.16. The maximum Gasteiger partial charge on any atom is 1.00 e. The van der Waals surface area contributed by atoms with Crippen LogP contribution < -0.4 is 132 Å². The Balaban J connectivity index is 0.000000682. The number of benzene rings is 2. The fraction of sp³-hybridized carbons (Fsp3) is 0.483. The number of carbonyl (C=O) groups is 3. The van der Waals surface area contributed by atoms with Gasteiger partial charge in [0.1, 0.15) is 0 Å². The first kappa shape index (κ1) is 41.4. The van der Waals surface area contributed by atoms with Gasteiger partial charge in [0.2, 0.25) is 11.6 Å². The molecular weight excluding hydrogens is 603 g/mol. The molecule has 0 radical (unpaired) electrons. The molecule has 11 nitrogen and oxygen atoms in total. The zero-order valence-electron chi connectivity index (χ0n) is 26.6. The van der Waals surface area contributed by atoms with Crippen LogP contribution in [0.2, 0.25) is 0 Å². The zero-order chi connectivity index (χ0) is 30.6. The quantitative estimate of drug-likeness (QED) is 0.233. The Morgan fingerprint density at radius 1 is 0.690 bits per heavy atom. The Hall–Kier alpha value is -0.557. The zero-order valence-corrected chi connectivity index (χ0v) is 32.8. The topological polar surface area (TPSA) is 153 Å². The van der Waals surface area contributed by atoms with E-state index in [4.69, 9.17) is 43.4 Å². The van der Waals surface area contributed by atoms with Gasteiger partial charge in [0, 0.05) is 14.2 Å². The number of hydrogen-bond donors (Lipinski definition) is 0. The van der Waals surface area contributed by atoms with Gasteiger partial charge in [0.25, 0.3) is 0 Å². The van der Waals surface area contributed by atoms with E-state index in [-0.39, 0.29) is 128 Å². The molecule has 0 saturated heterocycles. The van der Waals surface area contributed by atoms with Gasteiger partial charge in [-0.3, -0.25) is 9.59 Å². The maximum atomic E-state index is 12.3. The molecule has 2 aliphatic rings. The second-order valence-electron chi connectivity index (χ2n) is 10.3. The van der Waals surface area contributed by atoms with E-state index < -0.39 is 17.4 Å². The summed E-state index contributed by atoms with van der Waals surface area (Å²) in [4.78, 5) is 32.9. The first-order chi connectivity index (χ1) is 18.5. The normalized spacial score (nSPS) is 14.6. The molecule has 0 bridgehead atoms. The van der Waals surface area contributed by atoms with Crippen molar-refractivity contribution in [3.63, 3.8) is 0 Å². The average molecular weight is 639 g/mol. The fourth-order valence-corrected chi connectivity index (χ4v) is 4.43. The number of carbonyl (C=O) groups excluding carboxylic acids is 3. The van der Waals surface area contributed by atoms with Crippen LogP contribution in [0.15, 0.2) is 12.1 Å². The first-order valence-corrected chi connectivity index (χ1v) is 12.4. The third-order valence-corrected chi connectivity index (χ3v) is 6.14. The Bertz CT molecular complexity index is 1210. The number of Topliss-reactive ketones (excluding diaryl/α,β-unsaturated/α-hetero) is 2. The molecule has 0 fully saturated rings. The molecule has 2 aromatic rings.